The third-order valence-electron chi connectivity index (χ3n) is 3.37. The van der Waals surface area contributed by atoms with Crippen molar-refractivity contribution in [3.05, 3.63) is 30.5 Å². The summed E-state index contributed by atoms with van der Waals surface area (Å²) in [4.78, 5) is 12.1. The molecule has 1 unspecified atom stereocenters. The highest BCUT2D eigenvalue weighted by atomic mass is 16.5. The van der Waals surface area contributed by atoms with Crippen LogP contribution in [0.2, 0.25) is 0 Å². The number of benzene rings is 1. The fourth-order valence-electron chi connectivity index (χ4n) is 2.32. The number of nitrogens with zero attached hydrogens (tertiary/aromatic N) is 1. The number of hydrogen-bond donors (Lipinski definition) is 0. The van der Waals surface area contributed by atoms with E-state index in [0.717, 1.165) is 23.1 Å². The first-order valence-electron chi connectivity index (χ1n) is 7.02. The van der Waals surface area contributed by atoms with Gasteiger partial charge < -0.3 is 14.0 Å². The highest BCUT2D eigenvalue weighted by molar-refractivity contribution is 5.84. The molecule has 0 saturated heterocycles. The van der Waals surface area contributed by atoms with Gasteiger partial charge in [0.1, 0.15) is 11.8 Å². The van der Waals surface area contributed by atoms with Crippen LogP contribution in [0.3, 0.4) is 0 Å². The molecule has 4 heteroatoms. The lowest BCUT2D eigenvalue weighted by Crippen LogP contribution is -2.21. The normalized spacial score (nSPS) is 12.3. The average molecular weight is 275 g/mol. The maximum atomic E-state index is 12.1. The Kier molecular flexibility index (Phi) is 4.66. The van der Waals surface area contributed by atoms with Crippen molar-refractivity contribution in [1.82, 2.24) is 4.57 Å². The molecule has 1 atom stereocenters. The summed E-state index contributed by atoms with van der Waals surface area (Å²) in [7, 11) is 1.65. The van der Waals surface area contributed by atoms with Gasteiger partial charge in [-0.2, -0.15) is 0 Å². The van der Waals surface area contributed by atoms with Crippen LogP contribution in [0.1, 0.15) is 32.7 Å². The number of carbonyl (C=O) groups excluding carboxylic acids is 1. The molecule has 0 saturated carbocycles. The number of fused-ring (bicyclic) bond motifs is 1. The Morgan fingerprint density at radius 3 is 2.75 bits per heavy atom. The van der Waals surface area contributed by atoms with Gasteiger partial charge in [-0.15, -0.1) is 0 Å². The number of carbonyl (C=O) groups is 1. The monoisotopic (exact) mass is 275 g/mol. The first-order valence-corrected chi connectivity index (χ1v) is 7.02. The van der Waals surface area contributed by atoms with Crippen LogP contribution in [0.4, 0.5) is 0 Å². The molecule has 0 aliphatic carbocycles. The molecule has 20 heavy (non-hydrogen) atoms. The van der Waals surface area contributed by atoms with Gasteiger partial charge in [0.25, 0.3) is 0 Å². The van der Waals surface area contributed by atoms with Crippen LogP contribution in [0.25, 0.3) is 10.9 Å². The number of hydrogen-bond acceptors (Lipinski definition) is 3. The lowest BCUT2D eigenvalue weighted by atomic mass is 10.2. The van der Waals surface area contributed by atoms with Gasteiger partial charge in [0.05, 0.1) is 13.7 Å². The zero-order valence-corrected chi connectivity index (χ0v) is 12.3. The van der Waals surface area contributed by atoms with Crippen molar-refractivity contribution < 1.29 is 14.3 Å². The first kappa shape index (κ1) is 14.4. The van der Waals surface area contributed by atoms with E-state index >= 15 is 0 Å². The van der Waals surface area contributed by atoms with E-state index in [1.807, 2.05) is 48.9 Å². The molecular weight excluding hydrogens is 254 g/mol. The van der Waals surface area contributed by atoms with Crippen molar-refractivity contribution >= 4 is 16.9 Å². The SMILES string of the molecule is CCCOC(=O)C(CC)n1ccc2cc(OC)ccc21. The topological polar surface area (TPSA) is 40.5 Å². The van der Waals surface area contributed by atoms with Gasteiger partial charge in [0.2, 0.25) is 0 Å². The van der Waals surface area contributed by atoms with Crippen LogP contribution in [-0.4, -0.2) is 24.3 Å². The lowest BCUT2D eigenvalue weighted by molar-refractivity contribution is -0.147. The van der Waals surface area contributed by atoms with Crippen molar-refractivity contribution in [3.63, 3.8) is 0 Å². The Morgan fingerprint density at radius 2 is 2.10 bits per heavy atom. The molecule has 2 rings (SSSR count). The first-order chi connectivity index (χ1) is 9.71. The third kappa shape index (κ3) is 2.79. The Bertz CT molecular complexity index is 588. The van der Waals surface area contributed by atoms with Gasteiger partial charge >= 0.3 is 5.97 Å². The standard InChI is InChI=1S/C16H21NO3/c1-4-10-20-16(18)14(5-2)17-9-8-12-11-13(19-3)6-7-15(12)17/h6-9,11,14H,4-5,10H2,1-3H3. The Morgan fingerprint density at radius 1 is 1.30 bits per heavy atom. The zero-order valence-electron chi connectivity index (χ0n) is 12.3. The zero-order chi connectivity index (χ0) is 14.5. The summed E-state index contributed by atoms with van der Waals surface area (Å²) in [5, 5.41) is 1.06. The Balaban J connectivity index is 2.32. The molecule has 0 amide bonds. The molecule has 2 aromatic rings. The van der Waals surface area contributed by atoms with Gasteiger partial charge in [-0.25, -0.2) is 4.79 Å². The summed E-state index contributed by atoms with van der Waals surface area (Å²) < 4.78 is 12.5. The van der Waals surface area contributed by atoms with Crippen molar-refractivity contribution in [2.45, 2.75) is 32.7 Å². The predicted octanol–water partition coefficient (Wildman–Crippen LogP) is 3.55. The number of esters is 1. The minimum Gasteiger partial charge on any atom is -0.497 e. The molecule has 108 valence electrons. The van der Waals surface area contributed by atoms with Gasteiger partial charge in [-0.3, -0.25) is 0 Å². The van der Waals surface area contributed by atoms with Gasteiger partial charge in [-0.1, -0.05) is 13.8 Å². The molecule has 0 aliphatic heterocycles. The maximum Gasteiger partial charge on any atom is 0.329 e. The van der Waals surface area contributed by atoms with Crippen LogP contribution in [0.5, 0.6) is 5.75 Å². The fourth-order valence-corrected chi connectivity index (χ4v) is 2.32. The smallest absolute Gasteiger partial charge is 0.329 e. The van der Waals surface area contributed by atoms with Gasteiger partial charge in [0.15, 0.2) is 0 Å². The van der Waals surface area contributed by atoms with E-state index in [0.29, 0.717) is 13.0 Å². The van der Waals surface area contributed by atoms with E-state index in [4.69, 9.17) is 9.47 Å². The second-order valence-electron chi connectivity index (χ2n) is 4.74. The highest BCUT2D eigenvalue weighted by Crippen LogP contribution is 2.26. The molecule has 0 radical (unpaired) electrons. The molecule has 1 aromatic carbocycles. The Hall–Kier alpha value is -1.97. The predicted molar refractivity (Wildman–Crippen MR) is 79.1 cm³/mol. The van der Waals surface area contributed by atoms with E-state index in [9.17, 15) is 4.79 Å². The molecule has 0 spiro atoms. The van der Waals surface area contributed by atoms with Crippen LogP contribution >= 0.6 is 0 Å². The van der Waals surface area contributed by atoms with Crippen molar-refractivity contribution in [3.8, 4) is 5.75 Å². The third-order valence-corrected chi connectivity index (χ3v) is 3.37. The van der Waals surface area contributed by atoms with Crippen molar-refractivity contribution in [2.75, 3.05) is 13.7 Å². The molecule has 0 bridgehead atoms. The summed E-state index contributed by atoms with van der Waals surface area (Å²) >= 11 is 0. The molecule has 0 aliphatic rings. The number of aromatic nitrogens is 1. The molecule has 4 nitrogen and oxygen atoms in total. The largest absolute Gasteiger partial charge is 0.497 e. The Labute approximate surface area is 119 Å². The summed E-state index contributed by atoms with van der Waals surface area (Å²) in [6.45, 7) is 4.46. The summed E-state index contributed by atoms with van der Waals surface area (Å²) in [5.41, 5.74) is 1.02. The molecule has 1 heterocycles. The second-order valence-corrected chi connectivity index (χ2v) is 4.74. The highest BCUT2D eigenvalue weighted by Gasteiger charge is 2.21. The van der Waals surface area contributed by atoms with E-state index < -0.39 is 0 Å². The van der Waals surface area contributed by atoms with Crippen LogP contribution in [0, 0.1) is 0 Å². The van der Waals surface area contributed by atoms with Crippen LogP contribution in [0.15, 0.2) is 30.5 Å². The molecular formula is C16H21NO3. The van der Waals surface area contributed by atoms with Gasteiger partial charge in [0, 0.05) is 17.1 Å². The minimum atomic E-state index is -0.271. The average Bonchev–Trinajstić information content (AvgIpc) is 2.89. The van der Waals surface area contributed by atoms with E-state index in [2.05, 4.69) is 0 Å². The summed E-state index contributed by atoms with van der Waals surface area (Å²) in [6.07, 6.45) is 3.48. The van der Waals surface area contributed by atoms with Gasteiger partial charge in [-0.05, 0) is 37.1 Å². The van der Waals surface area contributed by atoms with E-state index in [1.165, 1.54) is 0 Å². The van der Waals surface area contributed by atoms with Crippen LogP contribution in [-0.2, 0) is 9.53 Å². The number of rotatable bonds is 6. The summed E-state index contributed by atoms with van der Waals surface area (Å²) in [5.74, 6) is 0.652. The van der Waals surface area contributed by atoms with Crippen molar-refractivity contribution in [1.29, 1.82) is 0 Å². The fraction of sp³-hybridized carbons (Fsp3) is 0.438. The number of methoxy groups -OCH3 is 1. The second kappa shape index (κ2) is 6.46. The molecule has 0 fully saturated rings. The minimum absolute atomic E-state index is 0.164. The van der Waals surface area contributed by atoms with Crippen molar-refractivity contribution in [2.24, 2.45) is 0 Å². The van der Waals surface area contributed by atoms with E-state index in [-0.39, 0.29) is 12.0 Å². The van der Waals surface area contributed by atoms with E-state index in [1.54, 1.807) is 7.11 Å². The summed E-state index contributed by atoms with van der Waals surface area (Å²) in [6, 6.07) is 7.57. The maximum absolute atomic E-state index is 12.1. The molecule has 0 N–H and O–H groups in total. The number of ether oxygens (including phenoxy) is 2. The molecule has 1 aromatic heterocycles. The quantitative estimate of drug-likeness (QED) is 0.757. The lowest BCUT2D eigenvalue weighted by Gasteiger charge is -2.17. The van der Waals surface area contributed by atoms with Crippen LogP contribution < -0.4 is 4.74 Å².